The minimum absolute atomic E-state index is 0.0655. The molecule has 25 heavy (non-hydrogen) atoms. The van der Waals surface area contributed by atoms with E-state index in [1.54, 1.807) is 29.2 Å². The topological polar surface area (TPSA) is 49.4 Å². The molecule has 132 valence electrons. The summed E-state index contributed by atoms with van der Waals surface area (Å²) in [6.45, 7) is 6.51. The fraction of sp³-hybridized carbons (Fsp3) is 0.300. The van der Waals surface area contributed by atoms with Crippen LogP contribution in [0.4, 0.5) is 5.69 Å². The van der Waals surface area contributed by atoms with Gasteiger partial charge in [0.25, 0.3) is 5.91 Å². The molecule has 0 aliphatic rings. The maximum atomic E-state index is 12.2. The predicted molar refractivity (Wildman–Crippen MR) is 102 cm³/mol. The minimum Gasteiger partial charge on any atom is -0.350 e. The molecule has 2 aromatic rings. The van der Waals surface area contributed by atoms with Crippen LogP contribution in [0.25, 0.3) is 0 Å². The third-order valence-electron chi connectivity index (χ3n) is 3.99. The van der Waals surface area contributed by atoms with Gasteiger partial charge in [-0.15, -0.1) is 0 Å². The monoisotopic (exact) mass is 358 g/mol. The van der Waals surface area contributed by atoms with Gasteiger partial charge in [0.15, 0.2) is 0 Å². The number of halogens is 1. The Morgan fingerprint density at radius 3 is 2.28 bits per heavy atom. The Morgan fingerprint density at radius 2 is 1.72 bits per heavy atom. The molecule has 2 amide bonds. The van der Waals surface area contributed by atoms with Crippen molar-refractivity contribution >= 4 is 29.1 Å². The van der Waals surface area contributed by atoms with Crippen molar-refractivity contribution in [3.8, 4) is 0 Å². The number of rotatable bonds is 6. The van der Waals surface area contributed by atoms with Crippen LogP contribution in [0.5, 0.6) is 0 Å². The molecule has 0 spiro atoms. The molecule has 0 unspecified atom stereocenters. The molecule has 0 saturated carbocycles. The Kier molecular flexibility index (Phi) is 6.59. The first-order valence-electron chi connectivity index (χ1n) is 8.31. The molecule has 4 nitrogen and oxygen atoms in total. The van der Waals surface area contributed by atoms with Gasteiger partial charge in [-0.1, -0.05) is 49.7 Å². The van der Waals surface area contributed by atoms with Crippen LogP contribution < -0.4 is 10.2 Å². The van der Waals surface area contributed by atoms with Crippen molar-refractivity contribution in [2.24, 2.45) is 0 Å². The van der Waals surface area contributed by atoms with Gasteiger partial charge < -0.3 is 10.2 Å². The second-order valence-corrected chi connectivity index (χ2v) is 6.56. The van der Waals surface area contributed by atoms with Gasteiger partial charge in [-0.2, -0.15) is 0 Å². The standard InChI is InChI=1S/C20H23ClN2O2/c1-14(2)16-8-10-17(11-9-16)23(15(3)24)13-12-22-20(25)18-6-4-5-7-19(18)21/h4-11,14H,12-13H2,1-3H3,(H,22,25). The van der Waals surface area contributed by atoms with Crippen LogP contribution >= 0.6 is 11.6 Å². The highest BCUT2D eigenvalue weighted by Gasteiger charge is 2.13. The summed E-state index contributed by atoms with van der Waals surface area (Å²) in [6.07, 6.45) is 0. The molecule has 2 aromatic carbocycles. The Bertz CT molecular complexity index is 742. The molecule has 5 heteroatoms. The second kappa shape index (κ2) is 8.67. The lowest BCUT2D eigenvalue weighted by atomic mass is 10.0. The van der Waals surface area contributed by atoms with E-state index in [-0.39, 0.29) is 11.8 Å². The van der Waals surface area contributed by atoms with Gasteiger partial charge in [-0.05, 0) is 35.7 Å². The molecule has 0 heterocycles. The second-order valence-electron chi connectivity index (χ2n) is 6.15. The number of benzene rings is 2. The molecule has 2 rings (SSSR count). The Labute approximate surface area is 153 Å². The summed E-state index contributed by atoms with van der Waals surface area (Å²) < 4.78 is 0. The molecule has 0 atom stereocenters. The zero-order chi connectivity index (χ0) is 18.4. The molecule has 0 radical (unpaired) electrons. The summed E-state index contributed by atoms with van der Waals surface area (Å²) in [7, 11) is 0. The molecule has 1 N–H and O–H groups in total. The number of nitrogens with one attached hydrogen (secondary N) is 1. The van der Waals surface area contributed by atoms with Crippen molar-refractivity contribution in [2.75, 3.05) is 18.0 Å². The molecular formula is C20H23ClN2O2. The number of nitrogens with zero attached hydrogens (tertiary/aromatic N) is 1. The van der Waals surface area contributed by atoms with Crippen molar-refractivity contribution in [1.82, 2.24) is 5.32 Å². The Balaban J connectivity index is 1.99. The van der Waals surface area contributed by atoms with E-state index in [9.17, 15) is 9.59 Å². The van der Waals surface area contributed by atoms with Gasteiger partial charge in [-0.25, -0.2) is 0 Å². The molecule has 0 bridgehead atoms. The zero-order valence-electron chi connectivity index (χ0n) is 14.8. The number of carbonyl (C=O) groups is 2. The van der Waals surface area contributed by atoms with E-state index in [4.69, 9.17) is 11.6 Å². The highest BCUT2D eigenvalue weighted by Crippen LogP contribution is 2.20. The smallest absolute Gasteiger partial charge is 0.252 e. The van der Waals surface area contributed by atoms with E-state index >= 15 is 0 Å². The van der Waals surface area contributed by atoms with E-state index in [1.807, 2.05) is 24.3 Å². The molecule has 0 aromatic heterocycles. The Morgan fingerprint density at radius 1 is 1.08 bits per heavy atom. The fourth-order valence-electron chi connectivity index (χ4n) is 2.53. The summed E-state index contributed by atoms with van der Waals surface area (Å²) in [4.78, 5) is 25.8. The molecule has 0 aliphatic heterocycles. The van der Waals surface area contributed by atoms with E-state index in [0.717, 1.165) is 5.69 Å². The van der Waals surface area contributed by atoms with Gasteiger partial charge in [0.1, 0.15) is 0 Å². The maximum Gasteiger partial charge on any atom is 0.252 e. The van der Waals surface area contributed by atoms with Crippen LogP contribution in [-0.4, -0.2) is 24.9 Å². The predicted octanol–water partition coefficient (Wildman–Crippen LogP) is 4.25. The van der Waals surface area contributed by atoms with E-state index in [2.05, 4.69) is 19.2 Å². The van der Waals surface area contributed by atoms with Gasteiger partial charge >= 0.3 is 0 Å². The van der Waals surface area contributed by atoms with Crippen molar-refractivity contribution in [3.05, 3.63) is 64.7 Å². The number of anilines is 1. The first-order chi connectivity index (χ1) is 11.9. The fourth-order valence-corrected chi connectivity index (χ4v) is 2.75. The molecular weight excluding hydrogens is 336 g/mol. The van der Waals surface area contributed by atoms with E-state index in [0.29, 0.717) is 29.6 Å². The van der Waals surface area contributed by atoms with Crippen LogP contribution in [0.15, 0.2) is 48.5 Å². The highest BCUT2D eigenvalue weighted by molar-refractivity contribution is 6.33. The normalized spacial score (nSPS) is 10.6. The van der Waals surface area contributed by atoms with Crippen molar-refractivity contribution in [1.29, 1.82) is 0 Å². The lowest BCUT2D eigenvalue weighted by Crippen LogP contribution is -2.37. The summed E-state index contributed by atoms with van der Waals surface area (Å²) in [5, 5.41) is 3.22. The van der Waals surface area contributed by atoms with Gasteiger partial charge in [0, 0.05) is 25.7 Å². The van der Waals surface area contributed by atoms with Crippen molar-refractivity contribution < 1.29 is 9.59 Å². The number of hydrogen-bond donors (Lipinski definition) is 1. The largest absolute Gasteiger partial charge is 0.350 e. The lowest BCUT2D eigenvalue weighted by molar-refractivity contribution is -0.116. The van der Waals surface area contributed by atoms with Crippen LogP contribution in [0.1, 0.15) is 42.6 Å². The third kappa shape index (κ3) is 5.07. The first-order valence-corrected chi connectivity index (χ1v) is 8.68. The van der Waals surface area contributed by atoms with Crippen LogP contribution in [0, 0.1) is 0 Å². The Hall–Kier alpha value is -2.33. The zero-order valence-corrected chi connectivity index (χ0v) is 15.5. The highest BCUT2D eigenvalue weighted by atomic mass is 35.5. The van der Waals surface area contributed by atoms with Crippen LogP contribution in [0.2, 0.25) is 5.02 Å². The SMILES string of the molecule is CC(=O)N(CCNC(=O)c1ccccc1Cl)c1ccc(C(C)C)cc1. The number of hydrogen-bond acceptors (Lipinski definition) is 2. The summed E-state index contributed by atoms with van der Waals surface area (Å²) in [5.74, 6) is 0.128. The quantitative estimate of drug-likeness (QED) is 0.839. The molecule has 0 aliphatic carbocycles. The van der Waals surface area contributed by atoms with Crippen LogP contribution in [0.3, 0.4) is 0 Å². The first kappa shape index (κ1) is 19.0. The summed E-state index contributed by atoms with van der Waals surface area (Å²) in [6, 6.07) is 14.8. The number of carbonyl (C=O) groups excluding carboxylic acids is 2. The average molecular weight is 359 g/mol. The van der Waals surface area contributed by atoms with E-state index in [1.165, 1.54) is 12.5 Å². The summed E-state index contributed by atoms with van der Waals surface area (Å²) in [5.41, 5.74) is 2.47. The average Bonchev–Trinajstić information content (AvgIpc) is 2.58. The van der Waals surface area contributed by atoms with Gasteiger partial charge in [-0.3, -0.25) is 9.59 Å². The van der Waals surface area contributed by atoms with Crippen LogP contribution in [-0.2, 0) is 4.79 Å². The number of amides is 2. The van der Waals surface area contributed by atoms with Gasteiger partial charge in [0.2, 0.25) is 5.91 Å². The van der Waals surface area contributed by atoms with Crippen molar-refractivity contribution in [2.45, 2.75) is 26.7 Å². The van der Waals surface area contributed by atoms with E-state index < -0.39 is 0 Å². The molecule has 0 saturated heterocycles. The van der Waals surface area contributed by atoms with Gasteiger partial charge in [0.05, 0.1) is 10.6 Å². The van der Waals surface area contributed by atoms with Crippen molar-refractivity contribution in [3.63, 3.8) is 0 Å². The maximum absolute atomic E-state index is 12.2. The summed E-state index contributed by atoms with van der Waals surface area (Å²) >= 11 is 6.02. The minimum atomic E-state index is -0.246. The third-order valence-corrected chi connectivity index (χ3v) is 4.32. The lowest BCUT2D eigenvalue weighted by Gasteiger charge is -2.22. The molecule has 0 fully saturated rings.